The molecule has 142 valence electrons. The molecule has 3 rings (SSSR count). The fourth-order valence-electron chi connectivity index (χ4n) is 3.16. The molecular weight excluding hydrogens is 362 g/mol. The Kier molecular flexibility index (Phi) is 6.85. The Morgan fingerprint density at radius 1 is 0.963 bits per heavy atom. The summed E-state index contributed by atoms with van der Waals surface area (Å²) in [5.41, 5.74) is 1.82. The van der Waals surface area contributed by atoms with Crippen LogP contribution in [0.1, 0.15) is 15.9 Å². The average Bonchev–Trinajstić information content (AvgIpc) is 2.69. The van der Waals surface area contributed by atoms with Gasteiger partial charge in [0, 0.05) is 43.3 Å². The van der Waals surface area contributed by atoms with Crippen molar-refractivity contribution in [2.75, 3.05) is 39.3 Å². The summed E-state index contributed by atoms with van der Waals surface area (Å²) in [5.74, 6) is 0.0185. The maximum atomic E-state index is 12.5. The molecule has 1 saturated heterocycles. The number of rotatable bonds is 6. The first-order valence-corrected chi connectivity index (χ1v) is 9.57. The quantitative estimate of drug-likeness (QED) is 0.831. The van der Waals surface area contributed by atoms with Crippen LogP contribution in [0.15, 0.2) is 54.6 Å². The van der Waals surface area contributed by atoms with Crippen LogP contribution in [0.2, 0.25) is 5.02 Å². The molecular formula is C21H24ClN3O2. The fourth-order valence-corrected chi connectivity index (χ4v) is 3.35. The van der Waals surface area contributed by atoms with E-state index in [0.717, 1.165) is 6.42 Å². The number of benzene rings is 2. The first-order chi connectivity index (χ1) is 13.1. The second kappa shape index (κ2) is 9.53. The normalized spacial score (nSPS) is 14.8. The van der Waals surface area contributed by atoms with Gasteiger partial charge in [-0.2, -0.15) is 0 Å². The number of nitrogens with zero attached hydrogens (tertiary/aromatic N) is 2. The predicted molar refractivity (Wildman–Crippen MR) is 107 cm³/mol. The van der Waals surface area contributed by atoms with Gasteiger partial charge in [0.2, 0.25) is 5.91 Å². The molecule has 1 N–H and O–H groups in total. The highest BCUT2D eigenvalue weighted by atomic mass is 35.5. The standard InChI is InChI=1S/C21H24ClN3O2/c22-19-8-4-7-18(15-19)21(27)25-13-11-24(12-14-25)16-20(26)23-10-9-17-5-2-1-3-6-17/h1-8,15H,9-14,16H2,(H,23,26). The molecule has 2 aromatic rings. The van der Waals surface area contributed by atoms with E-state index < -0.39 is 0 Å². The molecule has 2 aromatic carbocycles. The number of halogens is 1. The Morgan fingerprint density at radius 2 is 1.70 bits per heavy atom. The summed E-state index contributed by atoms with van der Waals surface area (Å²) in [6.07, 6.45) is 0.828. The Balaban J connectivity index is 1.38. The molecule has 5 nitrogen and oxygen atoms in total. The van der Waals surface area contributed by atoms with Crippen LogP contribution in [-0.4, -0.2) is 60.9 Å². The number of carbonyl (C=O) groups is 2. The van der Waals surface area contributed by atoms with E-state index in [9.17, 15) is 9.59 Å². The van der Waals surface area contributed by atoms with Crippen molar-refractivity contribution in [1.29, 1.82) is 0 Å². The molecule has 1 fully saturated rings. The summed E-state index contributed by atoms with van der Waals surface area (Å²) in [6, 6.07) is 17.1. The van der Waals surface area contributed by atoms with Crippen molar-refractivity contribution in [3.05, 3.63) is 70.7 Å². The Morgan fingerprint density at radius 3 is 2.41 bits per heavy atom. The van der Waals surface area contributed by atoms with Gasteiger partial charge >= 0.3 is 0 Å². The summed E-state index contributed by atoms with van der Waals surface area (Å²) in [5, 5.41) is 3.53. The van der Waals surface area contributed by atoms with Crippen LogP contribution in [0.4, 0.5) is 0 Å². The molecule has 1 heterocycles. The molecule has 0 aromatic heterocycles. The van der Waals surface area contributed by atoms with E-state index in [4.69, 9.17) is 11.6 Å². The van der Waals surface area contributed by atoms with Gasteiger partial charge in [0.15, 0.2) is 0 Å². The van der Waals surface area contributed by atoms with Crippen molar-refractivity contribution < 1.29 is 9.59 Å². The number of carbonyl (C=O) groups excluding carboxylic acids is 2. The van der Waals surface area contributed by atoms with Crippen molar-refractivity contribution in [3.63, 3.8) is 0 Å². The van der Waals surface area contributed by atoms with Crippen LogP contribution in [0.25, 0.3) is 0 Å². The summed E-state index contributed by atoms with van der Waals surface area (Å²) < 4.78 is 0. The zero-order chi connectivity index (χ0) is 19.1. The summed E-state index contributed by atoms with van der Waals surface area (Å²) in [4.78, 5) is 28.6. The first-order valence-electron chi connectivity index (χ1n) is 9.19. The maximum absolute atomic E-state index is 12.5. The maximum Gasteiger partial charge on any atom is 0.253 e. The van der Waals surface area contributed by atoms with E-state index in [1.807, 2.05) is 23.1 Å². The van der Waals surface area contributed by atoms with Crippen LogP contribution in [-0.2, 0) is 11.2 Å². The van der Waals surface area contributed by atoms with Crippen molar-refractivity contribution in [3.8, 4) is 0 Å². The number of hydrogen-bond donors (Lipinski definition) is 1. The Hall–Kier alpha value is -2.37. The van der Waals surface area contributed by atoms with Gasteiger partial charge in [-0.25, -0.2) is 0 Å². The highest BCUT2D eigenvalue weighted by molar-refractivity contribution is 6.30. The van der Waals surface area contributed by atoms with Crippen LogP contribution in [0.5, 0.6) is 0 Å². The topological polar surface area (TPSA) is 52.7 Å². The monoisotopic (exact) mass is 385 g/mol. The number of nitrogens with one attached hydrogen (secondary N) is 1. The van der Waals surface area contributed by atoms with Crippen molar-refractivity contribution in [2.45, 2.75) is 6.42 Å². The highest BCUT2D eigenvalue weighted by Crippen LogP contribution is 2.14. The molecule has 6 heteroatoms. The zero-order valence-corrected chi connectivity index (χ0v) is 16.0. The van der Waals surface area contributed by atoms with Crippen LogP contribution < -0.4 is 5.32 Å². The third kappa shape index (κ3) is 5.81. The smallest absolute Gasteiger partial charge is 0.253 e. The van der Waals surface area contributed by atoms with Crippen molar-refractivity contribution in [2.24, 2.45) is 0 Å². The summed E-state index contributed by atoms with van der Waals surface area (Å²) >= 11 is 5.97. The average molecular weight is 386 g/mol. The second-order valence-electron chi connectivity index (χ2n) is 6.66. The van der Waals surface area contributed by atoms with Gasteiger partial charge in [-0.3, -0.25) is 14.5 Å². The van der Waals surface area contributed by atoms with E-state index in [2.05, 4.69) is 22.3 Å². The van der Waals surface area contributed by atoms with Crippen molar-refractivity contribution >= 4 is 23.4 Å². The Labute approximate surface area is 164 Å². The molecule has 0 bridgehead atoms. The minimum absolute atomic E-state index is 0.00976. The summed E-state index contributed by atoms with van der Waals surface area (Å²) in [6.45, 7) is 3.62. The van der Waals surface area contributed by atoms with Crippen LogP contribution >= 0.6 is 11.6 Å². The van der Waals surface area contributed by atoms with Gasteiger partial charge in [-0.15, -0.1) is 0 Å². The molecule has 0 aliphatic carbocycles. The van der Waals surface area contributed by atoms with E-state index in [-0.39, 0.29) is 11.8 Å². The lowest BCUT2D eigenvalue weighted by molar-refractivity contribution is -0.122. The van der Waals surface area contributed by atoms with Gasteiger partial charge in [-0.05, 0) is 30.2 Å². The van der Waals surface area contributed by atoms with E-state index in [1.54, 1.807) is 24.3 Å². The molecule has 0 spiro atoms. The number of amides is 2. The first kappa shape index (κ1) is 19.4. The predicted octanol–water partition coefficient (Wildman–Crippen LogP) is 2.46. The van der Waals surface area contributed by atoms with E-state index in [0.29, 0.717) is 49.9 Å². The van der Waals surface area contributed by atoms with E-state index >= 15 is 0 Å². The molecule has 1 aliphatic rings. The van der Waals surface area contributed by atoms with Gasteiger partial charge in [0.25, 0.3) is 5.91 Å². The van der Waals surface area contributed by atoms with Crippen LogP contribution in [0, 0.1) is 0 Å². The fraction of sp³-hybridized carbons (Fsp3) is 0.333. The number of piperazine rings is 1. The minimum Gasteiger partial charge on any atom is -0.355 e. The van der Waals surface area contributed by atoms with Crippen LogP contribution in [0.3, 0.4) is 0 Å². The molecule has 27 heavy (non-hydrogen) atoms. The van der Waals surface area contributed by atoms with Gasteiger partial charge in [0.05, 0.1) is 6.54 Å². The van der Waals surface area contributed by atoms with Crippen molar-refractivity contribution in [1.82, 2.24) is 15.1 Å². The SMILES string of the molecule is O=C(CN1CCN(C(=O)c2cccc(Cl)c2)CC1)NCCc1ccccc1. The second-order valence-corrected chi connectivity index (χ2v) is 7.10. The van der Waals surface area contributed by atoms with Gasteiger partial charge in [0.1, 0.15) is 0 Å². The minimum atomic E-state index is -0.00976. The zero-order valence-electron chi connectivity index (χ0n) is 15.2. The lowest BCUT2D eigenvalue weighted by Crippen LogP contribution is -2.51. The molecule has 2 amide bonds. The third-order valence-corrected chi connectivity index (χ3v) is 4.91. The third-order valence-electron chi connectivity index (χ3n) is 4.68. The largest absolute Gasteiger partial charge is 0.355 e. The molecule has 0 unspecified atom stereocenters. The molecule has 0 radical (unpaired) electrons. The van der Waals surface area contributed by atoms with Gasteiger partial charge < -0.3 is 10.2 Å². The molecule has 0 atom stereocenters. The van der Waals surface area contributed by atoms with E-state index in [1.165, 1.54) is 5.56 Å². The molecule has 0 saturated carbocycles. The lowest BCUT2D eigenvalue weighted by atomic mass is 10.1. The molecule has 1 aliphatic heterocycles. The van der Waals surface area contributed by atoms with Gasteiger partial charge in [-0.1, -0.05) is 48.0 Å². The summed E-state index contributed by atoms with van der Waals surface area (Å²) in [7, 11) is 0. The Bertz CT molecular complexity index is 774. The number of hydrogen-bond acceptors (Lipinski definition) is 3. The lowest BCUT2D eigenvalue weighted by Gasteiger charge is -2.34. The highest BCUT2D eigenvalue weighted by Gasteiger charge is 2.23.